The molecule has 0 radical (unpaired) electrons. The Kier molecular flexibility index (Phi) is 4.23. The highest BCUT2D eigenvalue weighted by molar-refractivity contribution is 6.00. The normalized spacial score (nSPS) is 11.0. The van der Waals surface area contributed by atoms with Gasteiger partial charge in [-0.3, -0.25) is 15.0 Å². The van der Waals surface area contributed by atoms with E-state index in [4.69, 9.17) is 0 Å². The van der Waals surface area contributed by atoms with E-state index in [9.17, 15) is 14.0 Å². The molecule has 4 aromatic rings. The maximum atomic E-state index is 13.0. The number of hydrogen-bond donors (Lipinski definition) is 1. The topological polar surface area (TPSA) is 81.8 Å². The number of hydrogen-bond acceptors (Lipinski definition) is 4. The summed E-state index contributed by atoms with van der Waals surface area (Å²) in [7, 11) is 0. The minimum Gasteiger partial charge on any atom is -0.267 e. The van der Waals surface area contributed by atoms with E-state index in [1.807, 2.05) is 32.0 Å². The fourth-order valence-electron chi connectivity index (χ4n) is 2.81. The van der Waals surface area contributed by atoms with Crippen molar-refractivity contribution in [3.63, 3.8) is 0 Å². The van der Waals surface area contributed by atoms with E-state index < -0.39 is 17.3 Å². The van der Waals surface area contributed by atoms with Crippen LogP contribution < -0.4 is 11.0 Å². The second-order valence-electron chi connectivity index (χ2n) is 6.43. The molecule has 7 nitrogen and oxygen atoms in total. The third-order valence-electron chi connectivity index (χ3n) is 4.55. The van der Waals surface area contributed by atoms with Crippen LogP contribution in [-0.4, -0.2) is 25.3 Å². The van der Waals surface area contributed by atoms with Gasteiger partial charge in [0.1, 0.15) is 17.5 Å². The average molecular weight is 377 g/mol. The van der Waals surface area contributed by atoms with Crippen molar-refractivity contribution >= 4 is 16.9 Å². The highest BCUT2D eigenvalue weighted by atomic mass is 19.1. The summed E-state index contributed by atoms with van der Waals surface area (Å²) in [4.78, 5) is 29.3. The molecule has 2 aromatic heterocycles. The zero-order chi connectivity index (χ0) is 19.8. The first-order chi connectivity index (χ1) is 13.4. The number of rotatable bonds is 3. The van der Waals surface area contributed by atoms with E-state index in [0.29, 0.717) is 5.65 Å². The number of nitrogens with zero attached hydrogens (tertiary/aromatic N) is 4. The molecule has 0 saturated carbocycles. The van der Waals surface area contributed by atoms with Gasteiger partial charge in [-0.15, -0.1) is 0 Å². The van der Waals surface area contributed by atoms with Crippen molar-refractivity contribution in [1.29, 1.82) is 0 Å². The van der Waals surface area contributed by atoms with Gasteiger partial charge in [0.25, 0.3) is 11.5 Å². The Labute approximate surface area is 159 Å². The maximum Gasteiger partial charge on any atom is 0.283 e. The lowest BCUT2D eigenvalue weighted by molar-refractivity contribution is 0.101. The minimum atomic E-state index is -0.551. The number of fused-ring (bicyclic) bond motifs is 1. The van der Waals surface area contributed by atoms with Crippen LogP contribution in [0, 0.1) is 19.7 Å². The number of carbonyl (C=O) groups excluding carboxylic acids is 1. The molecule has 0 aliphatic carbocycles. The first-order valence-corrected chi connectivity index (χ1v) is 8.54. The second kappa shape index (κ2) is 6.73. The lowest BCUT2D eigenvalue weighted by Crippen LogP contribution is -2.33. The molecule has 0 aliphatic rings. The van der Waals surface area contributed by atoms with Crippen molar-refractivity contribution in [2.75, 3.05) is 5.43 Å². The molecule has 0 fully saturated rings. The van der Waals surface area contributed by atoms with Crippen LogP contribution in [-0.2, 0) is 0 Å². The van der Waals surface area contributed by atoms with Crippen LogP contribution in [0.3, 0.4) is 0 Å². The smallest absolute Gasteiger partial charge is 0.267 e. The van der Waals surface area contributed by atoms with Crippen LogP contribution in [0.5, 0.6) is 0 Å². The molecule has 1 amide bonds. The highest BCUT2D eigenvalue weighted by Crippen LogP contribution is 2.17. The lowest BCUT2D eigenvalue weighted by atomic mass is 10.1. The zero-order valence-corrected chi connectivity index (χ0v) is 15.2. The molecule has 0 unspecified atom stereocenters. The van der Waals surface area contributed by atoms with Crippen LogP contribution >= 0.6 is 0 Å². The van der Waals surface area contributed by atoms with Crippen molar-refractivity contribution in [3.8, 4) is 5.69 Å². The highest BCUT2D eigenvalue weighted by Gasteiger charge is 2.14. The summed E-state index contributed by atoms with van der Waals surface area (Å²) >= 11 is 0. The monoisotopic (exact) mass is 377 g/mol. The van der Waals surface area contributed by atoms with Crippen molar-refractivity contribution < 1.29 is 9.18 Å². The number of benzene rings is 2. The Morgan fingerprint density at radius 1 is 1.07 bits per heavy atom. The molecule has 0 bridgehead atoms. The lowest BCUT2D eigenvalue weighted by Gasteiger charge is -2.09. The molecule has 0 spiro atoms. The number of carbonyl (C=O) groups is 1. The second-order valence-corrected chi connectivity index (χ2v) is 6.43. The summed E-state index contributed by atoms with van der Waals surface area (Å²) < 4.78 is 15.6. The van der Waals surface area contributed by atoms with Crippen molar-refractivity contribution in [1.82, 2.24) is 19.4 Å². The van der Waals surface area contributed by atoms with E-state index in [2.05, 4.69) is 15.5 Å². The van der Waals surface area contributed by atoms with Gasteiger partial charge < -0.3 is 0 Å². The summed E-state index contributed by atoms with van der Waals surface area (Å²) in [5, 5.41) is 4.54. The molecule has 4 rings (SSSR count). The van der Waals surface area contributed by atoms with E-state index in [1.165, 1.54) is 36.8 Å². The minimum absolute atomic E-state index is 0.222. The maximum absolute atomic E-state index is 13.0. The largest absolute Gasteiger partial charge is 0.283 e. The molecule has 0 saturated heterocycles. The van der Waals surface area contributed by atoms with Crippen LogP contribution in [0.15, 0.2) is 59.8 Å². The summed E-state index contributed by atoms with van der Waals surface area (Å²) in [6, 6.07) is 10.9. The summed E-state index contributed by atoms with van der Waals surface area (Å²) in [5.74, 6) is -1.000. The molecule has 2 heterocycles. The first-order valence-electron chi connectivity index (χ1n) is 8.54. The first kappa shape index (κ1) is 17.6. The van der Waals surface area contributed by atoms with Gasteiger partial charge in [0.05, 0.1) is 11.9 Å². The Bertz CT molecular complexity index is 1260. The molecular formula is C20H16FN5O2. The van der Waals surface area contributed by atoms with E-state index in [0.717, 1.165) is 21.5 Å². The van der Waals surface area contributed by atoms with Gasteiger partial charge in [-0.2, -0.15) is 5.10 Å². The summed E-state index contributed by atoms with van der Waals surface area (Å²) in [6.07, 6.45) is 2.64. The fraction of sp³-hybridized carbons (Fsp3) is 0.100. The number of aryl methyl sites for hydroxylation is 2. The van der Waals surface area contributed by atoms with Crippen molar-refractivity contribution in [2.45, 2.75) is 13.8 Å². The fourth-order valence-corrected chi connectivity index (χ4v) is 2.81. The Balaban J connectivity index is 1.70. The zero-order valence-electron chi connectivity index (χ0n) is 15.2. The predicted molar refractivity (Wildman–Crippen MR) is 103 cm³/mol. The number of nitrogens with one attached hydrogen (secondary N) is 1. The average Bonchev–Trinajstić information content (AvgIpc) is 3.11. The van der Waals surface area contributed by atoms with Gasteiger partial charge in [0, 0.05) is 5.56 Å². The Morgan fingerprint density at radius 2 is 1.82 bits per heavy atom. The van der Waals surface area contributed by atoms with Gasteiger partial charge in [-0.25, -0.2) is 18.7 Å². The molecule has 2 aromatic carbocycles. The van der Waals surface area contributed by atoms with Crippen molar-refractivity contribution in [3.05, 3.63) is 87.9 Å². The van der Waals surface area contributed by atoms with E-state index in [-0.39, 0.29) is 10.9 Å². The quantitative estimate of drug-likeness (QED) is 0.595. The van der Waals surface area contributed by atoms with E-state index >= 15 is 0 Å². The van der Waals surface area contributed by atoms with E-state index in [1.54, 1.807) is 4.68 Å². The van der Waals surface area contributed by atoms with Crippen LogP contribution in [0.25, 0.3) is 16.7 Å². The van der Waals surface area contributed by atoms with Gasteiger partial charge in [0.15, 0.2) is 5.65 Å². The number of amides is 1. The molecular weight excluding hydrogens is 361 g/mol. The van der Waals surface area contributed by atoms with Crippen LogP contribution in [0.1, 0.15) is 21.5 Å². The van der Waals surface area contributed by atoms with Gasteiger partial charge in [-0.1, -0.05) is 6.07 Å². The molecule has 8 heteroatoms. The standard InChI is InChI=1S/C20H16FN5O2/c1-12-3-8-16(9-13(12)2)26-18-17(10-23-26)20(28)25(11-22-18)24-19(27)14-4-6-15(21)7-5-14/h3-11H,1-2H3,(H,24,27). The Morgan fingerprint density at radius 3 is 2.54 bits per heavy atom. The van der Waals surface area contributed by atoms with Crippen molar-refractivity contribution in [2.24, 2.45) is 0 Å². The third kappa shape index (κ3) is 3.05. The van der Waals surface area contributed by atoms with Crippen LogP contribution in [0.4, 0.5) is 4.39 Å². The van der Waals surface area contributed by atoms with Gasteiger partial charge >= 0.3 is 0 Å². The molecule has 140 valence electrons. The summed E-state index contributed by atoms with van der Waals surface area (Å²) in [5.41, 5.74) is 5.64. The van der Waals surface area contributed by atoms with Gasteiger partial charge in [-0.05, 0) is 61.4 Å². The SMILES string of the molecule is Cc1ccc(-n2ncc3c(=O)n(NC(=O)c4ccc(F)cc4)cnc32)cc1C. The summed E-state index contributed by atoms with van der Waals surface area (Å²) in [6.45, 7) is 4.01. The third-order valence-corrected chi connectivity index (χ3v) is 4.55. The predicted octanol–water partition coefficient (Wildman–Crippen LogP) is 2.72. The molecule has 0 atom stereocenters. The molecule has 0 aliphatic heterocycles. The van der Waals surface area contributed by atoms with Gasteiger partial charge in [0.2, 0.25) is 0 Å². The Hall–Kier alpha value is -3.81. The molecule has 1 N–H and O–H groups in total. The number of halogens is 1. The van der Waals surface area contributed by atoms with Crippen LogP contribution in [0.2, 0.25) is 0 Å². The number of aromatic nitrogens is 4. The molecule has 28 heavy (non-hydrogen) atoms.